The van der Waals surface area contributed by atoms with Crippen LogP contribution in [0.25, 0.3) is 0 Å². The molecule has 1 saturated heterocycles. The maximum absolute atomic E-state index is 11.1. The van der Waals surface area contributed by atoms with E-state index in [1.54, 1.807) is 0 Å². The zero-order valence-electron chi connectivity index (χ0n) is 7.56. The van der Waals surface area contributed by atoms with Gasteiger partial charge in [0.25, 0.3) is 5.91 Å². The third kappa shape index (κ3) is 1.82. The molecule has 7 nitrogen and oxygen atoms in total. The highest BCUT2D eigenvalue weighted by atomic mass is 16.4. The molecule has 7 heteroatoms. The van der Waals surface area contributed by atoms with Gasteiger partial charge < -0.3 is 15.7 Å². The Bertz CT molecular complexity index is 291. The van der Waals surface area contributed by atoms with Crippen molar-refractivity contribution in [1.82, 2.24) is 10.2 Å². The fraction of sp³-hybridized carbons (Fsp3) is 0.571. The molecule has 2 unspecified atom stereocenters. The number of hydrogen-bond acceptors (Lipinski definition) is 4. The standard InChI is InChI=1S/C7H11N3O4/c1-3-5(11)9-7(14)10(3)2-4(8)6(12)13/h3-4H,2,8H2,1H3,(H,12,13)(H,9,11,14). The normalized spacial score (nSPS) is 23.6. The maximum atomic E-state index is 11.1. The van der Waals surface area contributed by atoms with Gasteiger partial charge in [-0.25, -0.2) is 4.79 Å². The number of carbonyl (C=O) groups is 3. The summed E-state index contributed by atoms with van der Waals surface area (Å²) in [5.74, 6) is -1.64. The van der Waals surface area contributed by atoms with E-state index in [0.717, 1.165) is 4.90 Å². The Labute approximate surface area is 79.9 Å². The number of nitrogens with zero attached hydrogens (tertiary/aromatic N) is 1. The molecule has 1 heterocycles. The Balaban J connectivity index is 2.65. The smallest absolute Gasteiger partial charge is 0.324 e. The molecular formula is C7H11N3O4. The highest BCUT2D eigenvalue weighted by molar-refractivity contribution is 6.04. The van der Waals surface area contributed by atoms with Gasteiger partial charge in [0.1, 0.15) is 12.1 Å². The summed E-state index contributed by atoms with van der Waals surface area (Å²) < 4.78 is 0. The van der Waals surface area contributed by atoms with Crippen LogP contribution in [-0.2, 0) is 9.59 Å². The van der Waals surface area contributed by atoms with Gasteiger partial charge in [0.05, 0.1) is 0 Å². The van der Waals surface area contributed by atoms with Gasteiger partial charge >= 0.3 is 12.0 Å². The summed E-state index contributed by atoms with van der Waals surface area (Å²) in [6, 6.07) is -2.43. The van der Waals surface area contributed by atoms with Crippen molar-refractivity contribution in [2.75, 3.05) is 6.54 Å². The molecule has 0 saturated carbocycles. The fourth-order valence-corrected chi connectivity index (χ4v) is 1.13. The Morgan fingerprint density at radius 1 is 1.71 bits per heavy atom. The molecule has 0 aromatic carbocycles. The van der Waals surface area contributed by atoms with Crippen LogP contribution in [0.3, 0.4) is 0 Å². The first-order valence-corrected chi connectivity index (χ1v) is 4.03. The van der Waals surface area contributed by atoms with Crippen molar-refractivity contribution in [1.29, 1.82) is 0 Å². The number of nitrogens with one attached hydrogen (secondary N) is 1. The van der Waals surface area contributed by atoms with Gasteiger partial charge in [-0.15, -0.1) is 0 Å². The molecule has 1 aliphatic heterocycles. The van der Waals surface area contributed by atoms with Crippen LogP contribution in [0.4, 0.5) is 4.79 Å². The van der Waals surface area contributed by atoms with Crippen LogP contribution in [0.1, 0.15) is 6.92 Å². The van der Waals surface area contributed by atoms with E-state index in [0.29, 0.717) is 0 Å². The van der Waals surface area contributed by atoms with Crippen molar-refractivity contribution in [3.63, 3.8) is 0 Å². The quantitative estimate of drug-likeness (QED) is 0.473. The van der Waals surface area contributed by atoms with Gasteiger partial charge in [-0.05, 0) is 6.92 Å². The second-order valence-corrected chi connectivity index (χ2v) is 3.07. The molecular weight excluding hydrogens is 190 g/mol. The molecule has 0 aromatic rings. The van der Waals surface area contributed by atoms with E-state index in [1.165, 1.54) is 6.92 Å². The number of carboxylic acid groups (broad SMARTS) is 1. The number of amides is 3. The van der Waals surface area contributed by atoms with Crippen LogP contribution in [-0.4, -0.2) is 46.5 Å². The number of urea groups is 1. The molecule has 4 N–H and O–H groups in total. The molecule has 1 rings (SSSR count). The van der Waals surface area contributed by atoms with Crippen molar-refractivity contribution in [3.8, 4) is 0 Å². The molecule has 0 aliphatic carbocycles. The van der Waals surface area contributed by atoms with Gasteiger partial charge in [0, 0.05) is 6.54 Å². The number of rotatable bonds is 3. The Morgan fingerprint density at radius 2 is 2.29 bits per heavy atom. The summed E-state index contributed by atoms with van der Waals surface area (Å²) in [5.41, 5.74) is 5.23. The molecule has 1 aliphatic rings. The number of nitrogens with two attached hydrogens (primary N) is 1. The number of carboxylic acids is 1. The van der Waals surface area contributed by atoms with Crippen LogP contribution < -0.4 is 11.1 Å². The van der Waals surface area contributed by atoms with E-state index in [4.69, 9.17) is 10.8 Å². The van der Waals surface area contributed by atoms with Crippen LogP contribution in [0, 0.1) is 0 Å². The predicted molar refractivity (Wildman–Crippen MR) is 45.3 cm³/mol. The summed E-state index contributed by atoms with van der Waals surface area (Å²) in [6.45, 7) is 1.34. The van der Waals surface area contributed by atoms with E-state index in [-0.39, 0.29) is 6.54 Å². The zero-order chi connectivity index (χ0) is 10.9. The van der Waals surface area contributed by atoms with E-state index >= 15 is 0 Å². The SMILES string of the molecule is CC1C(=O)NC(=O)N1CC(N)C(=O)O. The maximum Gasteiger partial charge on any atom is 0.324 e. The lowest BCUT2D eigenvalue weighted by atomic mass is 10.2. The number of imide groups is 1. The minimum Gasteiger partial charge on any atom is -0.480 e. The van der Waals surface area contributed by atoms with Gasteiger partial charge in [0.2, 0.25) is 0 Å². The Hall–Kier alpha value is -1.63. The van der Waals surface area contributed by atoms with Crippen molar-refractivity contribution >= 4 is 17.9 Å². The third-order valence-corrected chi connectivity index (χ3v) is 2.05. The van der Waals surface area contributed by atoms with Crippen LogP contribution >= 0.6 is 0 Å². The van der Waals surface area contributed by atoms with E-state index in [1.807, 2.05) is 0 Å². The van der Waals surface area contributed by atoms with Crippen LogP contribution in [0.15, 0.2) is 0 Å². The van der Waals surface area contributed by atoms with Crippen molar-refractivity contribution in [2.24, 2.45) is 5.73 Å². The lowest BCUT2D eigenvalue weighted by molar-refractivity contribution is -0.139. The van der Waals surface area contributed by atoms with Crippen LogP contribution in [0.2, 0.25) is 0 Å². The first-order chi connectivity index (χ1) is 6.43. The summed E-state index contributed by atoms with van der Waals surface area (Å²) in [5, 5.41) is 10.6. The van der Waals surface area contributed by atoms with Crippen LogP contribution in [0.5, 0.6) is 0 Å². The second kappa shape index (κ2) is 3.62. The molecule has 1 fully saturated rings. The predicted octanol–water partition coefficient (Wildman–Crippen LogP) is -1.66. The summed E-state index contributed by atoms with van der Waals surface area (Å²) in [7, 11) is 0. The van der Waals surface area contributed by atoms with E-state index in [9.17, 15) is 14.4 Å². The third-order valence-electron chi connectivity index (χ3n) is 2.05. The lowest BCUT2D eigenvalue weighted by Crippen LogP contribution is -2.46. The molecule has 0 radical (unpaired) electrons. The minimum atomic E-state index is -1.20. The fourth-order valence-electron chi connectivity index (χ4n) is 1.13. The van der Waals surface area contributed by atoms with Crippen molar-refractivity contribution in [3.05, 3.63) is 0 Å². The minimum absolute atomic E-state index is 0.173. The summed E-state index contributed by atoms with van der Waals surface area (Å²) in [6.07, 6.45) is 0. The van der Waals surface area contributed by atoms with E-state index < -0.39 is 30.0 Å². The van der Waals surface area contributed by atoms with E-state index in [2.05, 4.69) is 5.32 Å². The molecule has 78 valence electrons. The first kappa shape index (κ1) is 10.5. The second-order valence-electron chi connectivity index (χ2n) is 3.07. The molecule has 0 bridgehead atoms. The summed E-state index contributed by atoms with van der Waals surface area (Å²) >= 11 is 0. The molecule has 14 heavy (non-hydrogen) atoms. The highest BCUT2D eigenvalue weighted by Gasteiger charge is 2.36. The number of carbonyl (C=O) groups excluding carboxylic acids is 2. The van der Waals surface area contributed by atoms with Crippen molar-refractivity contribution < 1.29 is 19.5 Å². The van der Waals surface area contributed by atoms with Gasteiger partial charge in [0.15, 0.2) is 0 Å². The van der Waals surface area contributed by atoms with Crippen molar-refractivity contribution in [2.45, 2.75) is 19.0 Å². The monoisotopic (exact) mass is 201 g/mol. The number of hydrogen-bond donors (Lipinski definition) is 3. The average molecular weight is 201 g/mol. The first-order valence-electron chi connectivity index (χ1n) is 4.03. The molecule has 2 atom stereocenters. The average Bonchev–Trinajstić information content (AvgIpc) is 2.32. The zero-order valence-corrected chi connectivity index (χ0v) is 7.56. The topological polar surface area (TPSA) is 113 Å². The number of aliphatic carboxylic acids is 1. The van der Waals surface area contributed by atoms with Gasteiger partial charge in [-0.2, -0.15) is 0 Å². The van der Waals surface area contributed by atoms with Gasteiger partial charge in [-0.1, -0.05) is 0 Å². The summed E-state index contributed by atoms with van der Waals surface area (Å²) in [4.78, 5) is 33.6. The molecule has 0 spiro atoms. The molecule has 0 aromatic heterocycles. The lowest BCUT2D eigenvalue weighted by Gasteiger charge is -2.20. The van der Waals surface area contributed by atoms with Gasteiger partial charge in [-0.3, -0.25) is 14.9 Å². The molecule has 3 amide bonds. The highest BCUT2D eigenvalue weighted by Crippen LogP contribution is 2.07. The largest absolute Gasteiger partial charge is 0.480 e. The Kier molecular flexibility index (Phi) is 2.70. The Morgan fingerprint density at radius 3 is 2.64 bits per heavy atom.